The number of halogens is 4. The van der Waals surface area contributed by atoms with Crippen LogP contribution in [-0.4, -0.2) is 29.2 Å². The van der Waals surface area contributed by atoms with Crippen LogP contribution < -0.4 is 4.90 Å². The van der Waals surface area contributed by atoms with E-state index in [2.05, 4.69) is 9.97 Å². The number of nitrogens with zero attached hydrogens (tertiary/aromatic N) is 3. The lowest BCUT2D eigenvalue weighted by atomic mass is 9.93. The molecule has 0 aliphatic carbocycles. The van der Waals surface area contributed by atoms with Gasteiger partial charge in [0.2, 0.25) is 0 Å². The SMILES string of the molecule is Cc1ccc(-c2cccc3ncnc(N4CCCC(CC(F)(F)F)C4)c23)cc1Cl. The van der Waals surface area contributed by atoms with Crippen LogP contribution >= 0.6 is 11.6 Å². The monoisotopic (exact) mass is 419 g/mol. The molecule has 1 atom stereocenters. The number of benzene rings is 2. The second-order valence-electron chi connectivity index (χ2n) is 7.63. The van der Waals surface area contributed by atoms with Crippen LogP contribution in [0, 0.1) is 12.8 Å². The van der Waals surface area contributed by atoms with Crippen LogP contribution in [-0.2, 0) is 0 Å². The topological polar surface area (TPSA) is 29.0 Å². The van der Waals surface area contributed by atoms with Crippen molar-refractivity contribution in [2.24, 2.45) is 5.92 Å². The van der Waals surface area contributed by atoms with Crippen molar-refractivity contribution in [1.82, 2.24) is 9.97 Å². The molecule has 0 saturated carbocycles. The van der Waals surface area contributed by atoms with Gasteiger partial charge in [0.1, 0.15) is 12.1 Å². The second kappa shape index (κ2) is 7.82. The summed E-state index contributed by atoms with van der Waals surface area (Å²) in [4.78, 5) is 10.9. The molecule has 0 spiro atoms. The molecule has 1 unspecified atom stereocenters. The lowest BCUT2D eigenvalue weighted by Gasteiger charge is -2.34. The maximum atomic E-state index is 12.9. The molecule has 29 heavy (non-hydrogen) atoms. The first kappa shape index (κ1) is 20.0. The first-order chi connectivity index (χ1) is 13.8. The quantitative estimate of drug-likeness (QED) is 0.490. The fraction of sp³-hybridized carbons (Fsp3) is 0.364. The predicted octanol–water partition coefficient (Wildman–Crippen LogP) is 6.43. The molecule has 3 nitrogen and oxygen atoms in total. The van der Waals surface area contributed by atoms with Crippen molar-refractivity contribution >= 4 is 28.3 Å². The number of rotatable bonds is 3. The number of hydrogen-bond acceptors (Lipinski definition) is 3. The summed E-state index contributed by atoms with van der Waals surface area (Å²) >= 11 is 6.34. The molecule has 0 N–H and O–H groups in total. The Balaban J connectivity index is 1.78. The molecule has 7 heteroatoms. The fourth-order valence-electron chi connectivity index (χ4n) is 4.09. The zero-order chi connectivity index (χ0) is 20.6. The summed E-state index contributed by atoms with van der Waals surface area (Å²) in [5, 5.41) is 1.52. The molecule has 1 fully saturated rings. The number of anilines is 1. The highest BCUT2D eigenvalue weighted by Gasteiger charge is 2.34. The number of aryl methyl sites for hydroxylation is 1. The van der Waals surface area contributed by atoms with Gasteiger partial charge in [0.25, 0.3) is 0 Å². The van der Waals surface area contributed by atoms with Crippen molar-refractivity contribution in [3.63, 3.8) is 0 Å². The molecular weight excluding hydrogens is 399 g/mol. The molecular formula is C22H21ClF3N3. The highest BCUT2D eigenvalue weighted by Crippen LogP contribution is 2.37. The largest absolute Gasteiger partial charge is 0.389 e. The standard InChI is InChI=1S/C22H21ClF3N3/c1-14-7-8-16(10-18(14)23)17-5-2-6-19-20(17)21(28-13-27-19)29-9-3-4-15(12-29)11-22(24,25)26/h2,5-8,10,13,15H,3-4,9,11-12H2,1H3. The molecule has 1 saturated heterocycles. The van der Waals surface area contributed by atoms with Gasteiger partial charge in [0.05, 0.1) is 10.9 Å². The van der Waals surface area contributed by atoms with Crippen molar-refractivity contribution in [3.8, 4) is 11.1 Å². The summed E-state index contributed by atoms with van der Waals surface area (Å²) in [5.41, 5.74) is 3.62. The van der Waals surface area contributed by atoms with Crippen LogP contribution in [0.15, 0.2) is 42.7 Å². The van der Waals surface area contributed by atoms with Gasteiger partial charge in [-0.1, -0.05) is 35.9 Å². The molecule has 0 bridgehead atoms. The average Bonchev–Trinajstić information content (AvgIpc) is 2.68. The van der Waals surface area contributed by atoms with Gasteiger partial charge in [-0.25, -0.2) is 9.97 Å². The molecule has 1 aliphatic rings. The molecule has 0 amide bonds. The van der Waals surface area contributed by atoms with E-state index >= 15 is 0 Å². The van der Waals surface area contributed by atoms with Gasteiger partial charge in [-0.2, -0.15) is 13.2 Å². The minimum absolute atomic E-state index is 0.342. The fourth-order valence-corrected chi connectivity index (χ4v) is 4.27. The Morgan fingerprint density at radius 2 is 2.00 bits per heavy atom. The van der Waals surface area contributed by atoms with Crippen molar-refractivity contribution in [2.75, 3.05) is 18.0 Å². The van der Waals surface area contributed by atoms with Gasteiger partial charge in [-0.3, -0.25) is 0 Å². The molecule has 4 rings (SSSR count). The highest BCUT2D eigenvalue weighted by atomic mass is 35.5. The predicted molar refractivity (Wildman–Crippen MR) is 110 cm³/mol. The Bertz CT molecular complexity index is 1030. The first-order valence-corrected chi connectivity index (χ1v) is 10.0. The van der Waals surface area contributed by atoms with Crippen LogP contribution in [0.5, 0.6) is 0 Å². The molecule has 2 heterocycles. The second-order valence-corrected chi connectivity index (χ2v) is 8.04. The van der Waals surface area contributed by atoms with E-state index in [1.807, 2.05) is 48.2 Å². The molecule has 0 radical (unpaired) electrons. The van der Waals surface area contributed by atoms with Crippen LogP contribution in [0.4, 0.5) is 19.0 Å². The van der Waals surface area contributed by atoms with Crippen LogP contribution in [0.1, 0.15) is 24.8 Å². The van der Waals surface area contributed by atoms with Crippen molar-refractivity contribution in [2.45, 2.75) is 32.4 Å². The summed E-state index contributed by atoms with van der Waals surface area (Å²) in [5.74, 6) is 0.268. The molecule has 2 aromatic carbocycles. The van der Waals surface area contributed by atoms with Crippen molar-refractivity contribution < 1.29 is 13.2 Å². The lowest BCUT2D eigenvalue weighted by Crippen LogP contribution is -2.37. The minimum atomic E-state index is -4.15. The number of hydrogen-bond donors (Lipinski definition) is 0. The zero-order valence-corrected chi connectivity index (χ0v) is 16.8. The molecule has 3 aromatic rings. The Hall–Kier alpha value is -2.34. The molecule has 1 aliphatic heterocycles. The van der Waals surface area contributed by atoms with E-state index in [9.17, 15) is 13.2 Å². The number of aromatic nitrogens is 2. The molecule has 152 valence electrons. The van der Waals surface area contributed by atoms with Crippen LogP contribution in [0.2, 0.25) is 5.02 Å². The number of piperidine rings is 1. The minimum Gasteiger partial charge on any atom is -0.356 e. The smallest absolute Gasteiger partial charge is 0.356 e. The third-order valence-corrected chi connectivity index (χ3v) is 5.87. The first-order valence-electron chi connectivity index (χ1n) is 9.64. The van der Waals surface area contributed by atoms with Gasteiger partial charge in [0.15, 0.2) is 0 Å². The van der Waals surface area contributed by atoms with Gasteiger partial charge >= 0.3 is 6.18 Å². The third-order valence-electron chi connectivity index (χ3n) is 5.46. The van der Waals surface area contributed by atoms with Gasteiger partial charge in [-0.15, -0.1) is 0 Å². The van der Waals surface area contributed by atoms with Gasteiger partial charge in [0, 0.05) is 24.5 Å². The van der Waals surface area contributed by atoms with Gasteiger partial charge in [-0.05, 0) is 54.5 Å². The van der Waals surface area contributed by atoms with E-state index < -0.39 is 18.5 Å². The lowest BCUT2D eigenvalue weighted by molar-refractivity contribution is -0.144. The van der Waals surface area contributed by atoms with Crippen LogP contribution in [0.3, 0.4) is 0 Å². The highest BCUT2D eigenvalue weighted by molar-refractivity contribution is 6.31. The summed E-state index contributed by atoms with van der Waals surface area (Å²) in [7, 11) is 0. The van der Waals surface area contributed by atoms with E-state index in [0.717, 1.165) is 27.6 Å². The Kier molecular flexibility index (Phi) is 5.38. The maximum absolute atomic E-state index is 12.9. The zero-order valence-electron chi connectivity index (χ0n) is 16.0. The van der Waals surface area contributed by atoms with Crippen molar-refractivity contribution in [1.29, 1.82) is 0 Å². The Labute approximate surface area is 172 Å². The van der Waals surface area contributed by atoms with E-state index in [0.29, 0.717) is 36.8 Å². The van der Waals surface area contributed by atoms with E-state index in [-0.39, 0.29) is 0 Å². The number of alkyl halides is 3. The van der Waals surface area contributed by atoms with Crippen LogP contribution in [0.25, 0.3) is 22.0 Å². The summed E-state index contributed by atoms with van der Waals surface area (Å²) in [6, 6.07) is 11.7. The average molecular weight is 420 g/mol. The Morgan fingerprint density at radius 1 is 1.17 bits per heavy atom. The summed E-state index contributed by atoms with van der Waals surface area (Å²) in [6.07, 6.45) is -2.13. The normalized spacial score (nSPS) is 17.7. The van der Waals surface area contributed by atoms with E-state index in [4.69, 9.17) is 11.6 Å². The summed E-state index contributed by atoms with van der Waals surface area (Å²) in [6.45, 7) is 2.97. The third kappa shape index (κ3) is 4.32. The van der Waals surface area contributed by atoms with E-state index in [1.54, 1.807) is 0 Å². The van der Waals surface area contributed by atoms with E-state index in [1.165, 1.54) is 6.33 Å². The summed E-state index contributed by atoms with van der Waals surface area (Å²) < 4.78 is 38.8. The number of fused-ring (bicyclic) bond motifs is 1. The molecule has 1 aromatic heterocycles. The maximum Gasteiger partial charge on any atom is 0.389 e. The Morgan fingerprint density at radius 3 is 2.76 bits per heavy atom. The van der Waals surface area contributed by atoms with Gasteiger partial charge < -0.3 is 4.90 Å². The van der Waals surface area contributed by atoms with Crippen molar-refractivity contribution in [3.05, 3.63) is 53.3 Å².